The first-order valence-electron chi connectivity index (χ1n) is 10.4. The topological polar surface area (TPSA) is 73.9 Å². The van der Waals surface area contributed by atoms with Crippen LogP contribution in [0.25, 0.3) is 0 Å². The van der Waals surface area contributed by atoms with Crippen molar-refractivity contribution in [2.24, 2.45) is 5.92 Å². The van der Waals surface area contributed by atoms with E-state index in [1.165, 1.54) is 30.8 Å². The highest BCUT2D eigenvalue weighted by Gasteiger charge is 2.19. The highest BCUT2D eigenvalue weighted by Crippen LogP contribution is 2.15. The maximum Gasteiger partial charge on any atom is 0.410 e. The first-order valence-corrected chi connectivity index (χ1v) is 10.4. The number of piperidine rings is 1. The number of likely N-dealkylation sites (tertiary alicyclic amines) is 1. The van der Waals surface area contributed by atoms with E-state index < -0.39 is 5.60 Å². The second-order valence-electron chi connectivity index (χ2n) is 8.69. The largest absolute Gasteiger partial charge is 0.444 e. The van der Waals surface area contributed by atoms with E-state index in [0.717, 1.165) is 25.3 Å². The normalized spacial score (nSPS) is 18.0. The molecule has 0 aromatic heterocycles. The van der Waals surface area contributed by atoms with Gasteiger partial charge in [-0.15, -0.1) is 0 Å². The fourth-order valence-electron chi connectivity index (χ4n) is 3.16. The Hall–Kier alpha value is -1.50. The quantitative estimate of drug-likeness (QED) is 0.599. The van der Waals surface area contributed by atoms with Gasteiger partial charge in [-0.3, -0.25) is 0 Å². The highest BCUT2D eigenvalue weighted by atomic mass is 16.6. The molecule has 7 nitrogen and oxygen atoms in total. The number of hydrogen-bond donors (Lipinski definition) is 2. The first-order chi connectivity index (χ1) is 12.7. The van der Waals surface area contributed by atoms with Gasteiger partial charge in [-0.25, -0.2) is 9.59 Å². The number of ether oxygens (including phenoxy) is 1. The van der Waals surface area contributed by atoms with Crippen molar-refractivity contribution in [2.75, 3.05) is 46.3 Å². The van der Waals surface area contributed by atoms with Crippen LogP contribution in [0.2, 0.25) is 0 Å². The third-order valence-electron chi connectivity index (χ3n) is 4.59. The molecule has 1 aliphatic rings. The Morgan fingerprint density at radius 3 is 2.44 bits per heavy atom. The molecular formula is C20H40N4O3. The Balaban J connectivity index is 1.98. The summed E-state index contributed by atoms with van der Waals surface area (Å²) in [5.41, 5.74) is -0.490. The van der Waals surface area contributed by atoms with E-state index in [4.69, 9.17) is 4.74 Å². The summed E-state index contributed by atoms with van der Waals surface area (Å²) in [6, 6.07) is -0.137. The van der Waals surface area contributed by atoms with Crippen LogP contribution >= 0.6 is 0 Å². The van der Waals surface area contributed by atoms with Crippen LogP contribution in [0, 0.1) is 5.92 Å². The molecule has 0 aromatic rings. The molecule has 27 heavy (non-hydrogen) atoms. The molecule has 1 unspecified atom stereocenters. The predicted molar refractivity (Wildman–Crippen MR) is 109 cm³/mol. The number of urea groups is 1. The Bertz CT molecular complexity index is 451. The lowest BCUT2D eigenvalue weighted by molar-refractivity contribution is 0.0298. The summed E-state index contributed by atoms with van der Waals surface area (Å²) in [6.07, 6.45) is 5.13. The van der Waals surface area contributed by atoms with E-state index in [2.05, 4.69) is 22.5 Å². The summed E-state index contributed by atoms with van der Waals surface area (Å²) in [6.45, 7) is 13.2. The Morgan fingerprint density at radius 1 is 1.15 bits per heavy atom. The molecule has 0 radical (unpaired) electrons. The molecular weight excluding hydrogens is 344 g/mol. The minimum absolute atomic E-state index is 0.137. The summed E-state index contributed by atoms with van der Waals surface area (Å²) in [5.74, 6) is 0.817. The van der Waals surface area contributed by atoms with Crippen molar-refractivity contribution in [3.63, 3.8) is 0 Å². The number of amides is 3. The zero-order valence-electron chi connectivity index (χ0n) is 18.0. The Labute approximate surface area is 165 Å². The van der Waals surface area contributed by atoms with Crippen molar-refractivity contribution in [3.05, 3.63) is 0 Å². The second-order valence-corrected chi connectivity index (χ2v) is 8.69. The molecule has 3 amide bonds. The van der Waals surface area contributed by atoms with Gasteiger partial charge in [0.2, 0.25) is 0 Å². The van der Waals surface area contributed by atoms with Gasteiger partial charge in [0.25, 0.3) is 0 Å². The molecule has 0 bridgehead atoms. The molecule has 1 fully saturated rings. The van der Waals surface area contributed by atoms with Gasteiger partial charge in [0.15, 0.2) is 0 Å². The highest BCUT2D eigenvalue weighted by molar-refractivity contribution is 5.73. The van der Waals surface area contributed by atoms with Crippen molar-refractivity contribution in [1.29, 1.82) is 0 Å². The summed E-state index contributed by atoms with van der Waals surface area (Å²) in [5, 5.41) is 5.73. The van der Waals surface area contributed by atoms with E-state index >= 15 is 0 Å². The summed E-state index contributed by atoms with van der Waals surface area (Å²) in [7, 11) is 1.71. The van der Waals surface area contributed by atoms with Crippen LogP contribution < -0.4 is 10.6 Å². The Kier molecular flexibility index (Phi) is 10.5. The number of rotatable bonds is 9. The van der Waals surface area contributed by atoms with E-state index in [1.807, 2.05) is 20.8 Å². The van der Waals surface area contributed by atoms with Gasteiger partial charge < -0.3 is 25.2 Å². The third kappa shape index (κ3) is 11.7. The van der Waals surface area contributed by atoms with Crippen molar-refractivity contribution < 1.29 is 14.3 Å². The molecule has 158 valence electrons. The maximum atomic E-state index is 11.8. The van der Waals surface area contributed by atoms with Crippen LogP contribution in [0.5, 0.6) is 0 Å². The summed E-state index contributed by atoms with van der Waals surface area (Å²) < 4.78 is 5.29. The Morgan fingerprint density at radius 2 is 1.81 bits per heavy atom. The number of carbonyl (C=O) groups is 2. The van der Waals surface area contributed by atoms with Gasteiger partial charge in [-0.1, -0.05) is 6.92 Å². The zero-order chi connectivity index (χ0) is 20.3. The van der Waals surface area contributed by atoms with Crippen LogP contribution in [0.15, 0.2) is 0 Å². The fourth-order valence-corrected chi connectivity index (χ4v) is 3.16. The average Bonchev–Trinajstić information content (AvgIpc) is 2.56. The van der Waals surface area contributed by atoms with Gasteiger partial charge in [-0.2, -0.15) is 0 Å². The lowest BCUT2D eigenvalue weighted by Crippen LogP contribution is -2.39. The molecule has 1 atom stereocenters. The van der Waals surface area contributed by atoms with E-state index in [-0.39, 0.29) is 12.1 Å². The monoisotopic (exact) mass is 384 g/mol. The van der Waals surface area contributed by atoms with E-state index in [1.54, 1.807) is 7.05 Å². The maximum absolute atomic E-state index is 11.8. The van der Waals surface area contributed by atoms with Crippen LogP contribution in [-0.2, 0) is 4.74 Å². The molecule has 2 N–H and O–H groups in total. The number of unbranched alkanes of at least 4 members (excludes halogenated alkanes) is 1. The third-order valence-corrected chi connectivity index (χ3v) is 4.59. The van der Waals surface area contributed by atoms with Gasteiger partial charge >= 0.3 is 12.1 Å². The number of nitrogens with zero attached hydrogens (tertiary/aromatic N) is 2. The smallest absolute Gasteiger partial charge is 0.410 e. The first kappa shape index (κ1) is 23.5. The lowest BCUT2D eigenvalue weighted by Gasteiger charge is -2.30. The van der Waals surface area contributed by atoms with Crippen molar-refractivity contribution >= 4 is 12.1 Å². The molecule has 0 aliphatic carbocycles. The minimum atomic E-state index is -0.490. The van der Waals surface area contributed by atoms with Crippen molar-refractivity contribution in [1.82, 2.24) is 20.4 Å². The standard InChI is InChI=1S/C20H40N4O3/c1-17-10-8-15-24(16-17)14-7-6-11-21-18(25)22-12-9-13-23(5)19(26)27-20(2,3)4/h17H,6-16H2,1-5H3,(H2,21,22,25). The molecule has 1 aliphatic heterocycles. The van der Waals surface area contributed by atoms with Gasteiger partial charge in [0.1, 0.15) is 5.60 Å². The minimum Gasteiger partial charge on any atom is -0.444 e. The number of carbonyl (C=O) groups excluding carboxylic acids is 2. The summed E-state index contributed by atoms with van der Waals surface area (Å²) in [4.78, 5) is 27.7. The number of nitrogens with one attached hydrogen (secondary N) is 2. The fraction of sp³-hybridized carbons (Fsp3) is 0.900. The lowest BCUT2D eigenvalue weighted by atomic mass is 10.0. The van der Waals surface area contributed by atoms with Gasteiger partial charge in [0.05, 0.1) is 0 Å². The van der Waals surface area contributed by atoms with Gasteiger partial charge in [0, 0.05) is 33.2 Å². The van der Waals surface area contributed by atoms with Crippen LogP contribution in [0.1, 0.15) is 59.8 Å². The molecule has 1 saturated heterocycles. The molecule has 0 spiro atoms. The molecule has 1 rings (SSSR count). The average molecular weight is 385 g/mol. The molecule has 1 heterocycles. The van der Waals surface area contributed by atoms with Crippen LogP contribution in [-0.4, -0.2) is 73.8 Å². The summed E-state index contributed by atoms with van der Waals surface area (Å²) >= 11 is 0. The van der Waals surface area contributed by atoms with Crippen molar-refractivity contribution in [2.45, 2.75) is 65.4 Å². The van der Waals surface area contributed by atoms with Crippen LogP contribution in [0.3, 0.4) is 0 Å². The van der Waals surface area contributed by atoms with E-state index in [9.17, 15) is 9.59 Å². The van der Waals surface area contributed by atoms with E-state index in [0.29, 0.717) is 26.1 Å². The second kappa shape index (κ2) is 12.1. The number of hydrogen-bond acceptors (Lipinski definition) is 4. The zero-order valence-corrected chi connectivity index (χ0v) is 18.0. The SMILES string of the molecule is CC1CCCN(CCCCNC(=O)NCCCN(C)C(=O)OC(C)(C)C)C1. The van der Waals surface area contributed by atoms with Gasteiger partial charge in [-0.05, 0) is 71.9 Å². The molecule has 7 heteroatoms. The predicted octanol–water partition coefficient (Wildman–Crippen LogP) is 3.05. The van der Waals surface area contributed by atoms with Crippen molar-refractivity contribution in [3.8, 4) is 0 Å². The molecule has 0 saturated carbocycles. The molecule has 0 aromatic carbocycles. The van der Waals surface area contributed by atoms with Crippen LogP contribution in [0.4, 0.5) is 9.59 Å².